The second-order valence-electron chi connectivity index (χ2n) is 5.81. The third-order valence-electron chi connectivity index (χ3n) is 4.00. The maximum Gasteiger partial charge on any atom is 0.389 e. The lowest BCUT2D eigenvalue weighted by Crippen LogP contribution is -2.49. The number of nitro groups is 1. The van der Waals surface area contributed by atoms with Crippen LogP contribution < -0.4 is 0 Å². The molecular formula is C14H19N7O3. The summed E-state index contributed by atoms with van der Waals surface area (Å²) in [7, 11) is 1.89. The average molecular weight is 333 g/mol. The van der Waals surface area contributed by atoms with Crippen LogP contribution >= 0.6 is 0 Å². The van der Waals surface area contributed by atoms with E-state index in [0.717, 1.165) is 25.2 Å². The van der Waals surface area contributed by atoms with Gasteiger partial charge in [-0.25, -0.2) is 0 Å². The number of rotatable bonds is 5. The number of carbonyl (C=O) groups is 1. The molecule has 0 aromatic carbocycles. The molecule has 3 heterocycles. The molecule has 24 heavy (non-hydrogen) atoms. The molecule has 128 valence electrons. The number of hydrogen-bond acceptors (Lipinski definition) is 6. The molecule has 10 heteroatoms. The molecule has 0 aliphatic carbocycles. The second-order valence-corrected chi connectivity index (χ2v) is 5.81. The highest BCUT2D eigenvalue weighted by atomic mass is 16.6. The lowest BCUT2D eigenvalue weighted by Gasteiger charge is -2.34. The van der Waals surface area contributed by atoms with Crippen molar-refractivity contribution in [2.24, 2.45) is 7.05 Å². The summed E-state index contributed by atoms with van der Waals surface area (Å²) in [5, 5.41) is 18.5. The van der Waals surface area contributed by atoms with Crippen LogP contribution in [0.4, 0.5) is 5.82 Å². The summed E-state index contributed by atoms with van der Waals surface area (Å²) in [5.74, 6) is -0.321. The van der Waals surface area contributed by atoms with Gasteiger partial charge in [-0.3, -0.25) is 14.4 Å². The van der Waals surface area contributed by atoms with Crippen LogP contribution in [-0.2, 0) is 24.9 Å². The van der Waals surface area contributed by atoms with E-state index in [-0.39, 0.29) is 18.3 Å². The fraction of sp³-hybridized carbons (Fsp3) is 0.500. The van der Waals surface area contributed by atoms with Crippen molar-refractivity contribution in [3.05, 3.63) is 40.3 Å². The molecule has 0 bridgehead atoms. The Balaban J connectivity index is 1.48. The maximum atomic E-state index is 12.3. The van der Waals surface area contributed by atoms with Gasteiger partial charge in [-0.2, -0.15) is 9.78 Å². The van der Waals surface area contributed by atoms with Crippen molar-refractivity contribution in [1.82, 2.24) is 29.4 Å². The second kappa shape index (κ2) is 6.79. The van der Waals surface area contributed by atoms with Crippen LogP contribution in [0.15, 0.2) is 24.7 Å². The van der Waals surface area contributed by atoms with Gasteiger partial charge < -0.3 is 15.0 Å². The van der Waals surface area contributed by atoms with Crippen molar-refractivity contribution < 1.29 is 9.72 Å². The molecule has 0 spiro atoms. The van der Waals surface area contributed by atoms with E-state index in [4.69, 9.17) is 0 Å². The summed E-state index contributed by atoms with van der Waals surface area (Å²) >= 11 is 0. The standard InChI is InChI=1S/C14H19N7O3/c1-17-9-12(8-15-17)10-18-4-6-19(7-5-18)14(22)11-20-3-2-13(16-20)21(23)24/h2-3,8-9H,4-7,10-11H2,1H3. The van der Waals surface area contributed by atoms with E-state index >= 15 is 0 Å². The number of aromatic nitrogens is 4. The van der Waals surface area contributed by atoms with Crippen molar-refractivity contribution in [2.75, 3.05) is 26.2 Å². The Hall–Kier alpha value is -2.75. The third-order valence-corrected chi connectivity index (χ3v) is 4.00. The molecule has 0 N–H and O–H groups in total. The molecule has 0 saturated carbocycles. The summed E-state index contributed by atoms with van der Waals surface area (Å²) in [6.45, 7) is 3.71. The van der Waals surface area contributed by atoms with Gasteiger partial charge in [0.2, 0.25) is 5.91 Å². The molecule has 0 unspecified atom stereocenters. The molecule has 1 aliphatic heterocycles. The van der Waals surface area contributed by atoms with Crippen molar-refractivity contribution in [3.63, 3.8) is 0 Å². The largest absolute Gasteiger partial charge is 0.389 e. The lowest BCUT2D eigenvalue weighted by molar-refractivity contribution is -0.389. The quantitative estimate of drug-likeness (QED) is 0.558. The Morgan fingerprint density at radius 1 is 1.33 bits per heavy atom. The first kappa shape index (κ1) is 16.1. The predicted molar refractivity (Wildman–Crippen MR) is 83.9 cm³/mol. The van der Waals surface area contributed by atoms with Crippen molar-refractivity contribution >= 4 is 11.7 Å². The maximum absolute atomic E-state index is 12.3. The zero-order valence-corrected chi connectivity index (χ0v) is 13.4. The minimum atomic E-state index is -0.571. The van der Waals surface area contributed by atoms with Gasteiger partial charge in [0.25, 0.3) is 0 Å². The lowest BCUT2D eigenvalue weighted by atomic mass is 10.2. The highest BCUT2D eigenvalue weighted by Crippen LogP contribution is 2.09. The number of carbonyl (C=O) groups excluding carboxylic acids is 1. The minimum Gasteiger partial charge on any atom is -0.358 e. The molecule has 1 amide bonds. The first-order chi connectivity index (χ1) is 11.5. The van der Waals surface area contributed by atoms with Gasteiger partial charge in [0.05, 0.1) is 23.6 Å². The number of aryl methyl sites for hydroxylation is 1. The Morgan fingerprint density at radius 2 is 2.08 bits per heavy atom. The van der Waals surface area contributed by atoms with Crippen molar-refractivity contribution in [2.45, 2.75) is 13.1 Å². The number of amides is 1. The summed E-state index contributed by atoms with van der Waals surface area (Å²) in [6.07, 6.45) is 5.29. The fourth-order valence-corrected chi connectivity index (χ4v) is 2.74. The van der Waals surface area contributed by atoms with Crippen LogP contribution in [-0.4, -0.2) is 66.4 Å². The minimum absolute atomic E-state index is 0.0243. The molecule has 0 atom stereocenters. The van der Waals surface area contributed by atoms with Gasteiger partial charge in [0, 0.05) is 51.5 Å². The normalized spacial score (nSPS) is 15.6. The van der Waals surface area contributed by atoms with Gasteiger partial charge in [0.1, 0.15) is 6.54 Å². The highest BCUT2D eigenvalue weighted by Gasteiger charge is 2.23. The van der Waals surface area contributed by atoms with Crippen molar-refractivity contribution in [1.29, 1.82) is 0 Å². The van der Waals surface area contributed by atoms with Crippen LogP contribution in [0.3, 0.4) is 0 Å². The Kier molecular flexibility index (Phi) is 4.56. The zero-order chi connectivity index (χ0) is 17.1. The van der Waals surface area contributed by atoms with E-state index < -0.39 is 4.92 Å². The number of nitrogens with zero attached hydrogens (tertiary/aromatic N) is 7. The monoisotopic (exact) mass is 333 g/mol. The Morgan fingerprint density at radius 3 is 2.67 bits per heavy atom. The Bertz CT molecular complexity index is 730. The summed E-state index contributed by atoms with van der Waals surface area (Å²) < 4.78 is 3.08. The van der Waals surface area contributed by atoms with Gasteiger partial charge in [-0.05, 0) is 4.92 Å². The fourth-order valence-electron chi connectivity index (χ4n) is 2.74. The van der Waals surface area contributed by atoms with Crippen molar-refractivity contribution in [3.8, 4) is 0 Å². The van der Waals surface area contributed by atoms with E-state index in [1.807, 2.05) is 19.4 Å². The van der Waals surface area contributed by atoms with Gasteiger partial charge in [0.15, 0.2) is 0 Å². The summed E-state index contributed by atoms with van der Waals surface area (Å²) in [6, 6.07) is 1.29. The summed E-state index contributed by atoms with van der Waals surface area (Å²) in [4.78, 5) is 26.4. The average Bonchev–Trinajstić information content (AvgIpc) is 3.17. The molecule has 2 aromatic heterocycles. The molecule has 2 aromatic rings. The molecule has 1 saturated heterocycles. The molecule has 3 rings (SSSR count). The third kappa shape index (κ3) is 3.77. The number of hydrogen-bond donors (Lipinski definition) is 0. The van der Waals surface area contributed by atoms with Crippen LogP contribution in [0.25, 0.3) is 0 Å². The molecule has 0 radical (unpaired) electrons. The first-order valence-electron chi connectivity index (χ1n) is 7.67. The molecule has 1 aliphatic rings. The SMILES string of the molecule is Cn1cc(CN2CCN(C(=O)Cn3ccc([N+](=O)[O-])n3)CC2)cn1. The van der Waals surface area contributed by atoms with E-state index in [1.165, 1.54) is 16.9 Å². The molecule has 1 fully saturated rings. The van der Waals surface area contributed by atoms with Gasteiger partial charge in [-0.1, -0.05) is 0 Å². The topological polar surface area (TPSA) is 102 Å². The zero-order valence-electron chi connectivity index (χ0n) is 13.4. The van der Waals surface area contributed by atoms with Crippen LogP contribution in [0.1, 0.15) is 5.56 Å². The predicted octanol–water partition coefficient (Wildman–Crippen LogP) is -0.131. The summed E-state index contributed by atoms with van der Waals surface area (Å²) in [5.41, 5.74) is 1.15. The highest BCUT2D eigenvalue weighted by molar-refractivity contribution is 5.76. The van der Waals surface area contributed by atoms with Gasteiger partial charge >= 0.3 is 5.82 Å². The first-order valence-corrected chi connectivity index (χ1v) is 7.67. The molecule has 10 nitrogen and oxygen atoms in total. The Labute approximate surface area is 138 Å². The van der Waals surface area contributed by atoms with E-state index in [2.05, 4.69) is 15.1 Å². The van der Waals surface area contributed by atoms with Crippen LogP contribution in [0.2, 0.25) is 0 Å². The number of piperazine rings is 1. The smallest absolute Gasteiger partial charge is 0.358 e. The molecular weight excluding hydrogens is 314 g/mol. The van der Waals surface area contributed by atoms with Gasteiger partial charge in [-0.15, -0.1) is 0 Å². The van der Waals surface area contributed by atoms with Crippen LogP contribution in [0.5, 0.6) is 0 Å². The van der Waals surface area contributed by atoms with E-state index in [9.17, 15) is 14.9 Å². The van der Waals surface area contributed by atoms with Crippen LogP contribution in [0, 0.1) is 10.1 Å². The van der Waals surface area contributed by atoms with E-state index in [1.54, 1.807) is 9.58 Å². The van der Waals surface area contributed by atoms with E-state index in [0.29, 0.717) is 13.1 Å².